The topological polar surface area (TPSA) is 91.4 Å². The molecule has 0 radical (unpaired) electrons. The van der Waals surface area contributed by atoms with Crippen molar-refractivity contribution < 1.29 is 9.53 Å². The highest BCUT2D eigenvalue weighted by Crippen LogP contribution is 2.35. The zero-order valence-electron chi connectivity index (χ0n) is 16.3. The second kappa shape index (κ2) is 7.07. The molecule has 0 fully saturated rings. The minimum atomic E-state index is -0.563. The fourth-order valence-electron chi connectivity index (χ4n) is 3.69. The first-order valence-corrected chi connectivity index (χ1v) is 9.52. The first-order valence-electron chi connectivity index (χ1n) is 9.14. The number of aromatic nitrogens is 4. The van der Waals surface area contributed by atoms with Crippen molar-refractivity contribution in [1.82, 2.24) is 18.7 Å². The largest absolute Gasteiger partial charge is 0.495 e. The fraction of sp³-hybridized carbons (Fsp3) is 0.368. The lowest BCUT2D eigenvalue weighted by molar-refractivity contribution is -0.117. The lowest BCUT2D eigenvalue weighted by Crippen LogP contribution is -2.41. The monoisotopic (exact) mass is 417 g/mol. The molecule has 0 N–H and O–H groups in total. The van der Waals surface area contributed by atoms with Crippen molar-refractivity contribution in [3.63, 3.8) is 0 Å². The van der Waals surface area contributed by atoms with Gasteiger partial charge in [-0.2, -0.15) is 4.98 Å². The predicted molar refractivity (Wildman–Crippen MR) is 110 cm³/mol. The van der Waals surface area contributed by atoms with Crippen molar-refractivity contribution in [3.05, 3.63) is 44.1 Å². The van der Waals surface area contributed by atoms with Gasteiger partial charge >= 0.3 is 5.69 Å². The van der Waals surface area contributed by atoms with Crippen LogP contribution in [-0.4, -0.2) is 38.1 Å². The van der Waals surface area contributed by atoms with E-state index in [0.717, 1.165) is 16.7 Å². The Morgan fingerprint density at radius 3 is 2.69 bits per heavy atom. The third-order valence-electron chi connectivity index (χ3n) is 5.05. The minimum absolute atomic E-state index is 0.264. The van der Waals surface area contributed by atoms with Gasteiger partial charge in [-0.25, -0.2) is 4.79 Å². The Hall–Kier alpha value is -3.07. The molecule has 2 aromatic heterocycles. The Bertz CT molecular complexity index is 1260. The smallest absolute Gasteiger partial charge is 0.332 e. The number of rotatable bonds is 4. The van der Waals surface area contributed by atoms with Crippen LogP contribution in [0.5, 0.6) is 5.75 Å². The third-order valence-corrected chi connectivity index (χ3v) is 5.34. The van der Waals surface area contributed by atoms with Gasteiger partial charge in [0.15, 0.2) is 11.2 Å². The van der Waals surface area contributed by atoms with Crippen LogP contribution in [0.4, 0.5) is 11.6 Å². The number of aryl methyl sites for hydroxylation is 2. The number of nitrogens with zero attached hydrogens (tertiary/aromatic N) is 5. The summed E-state index contributed by atoms with van der Waals surface area (Å²) in [6.45, 7) is 2.35. The summed E-state index contributed by atoms with van der Waals surface area (Å²) >= 11 is 6.29. The zero-order valence-corrected chi connectivity index (χ0v) is 17.1. The van der Waals surface area contributed by atoms with Crippen LogP contribution in [0.1, 0.15) is 13.3 Å². The number of Topliss-reactive ketones (excluding diaryl/α,β-unsaturated/α-hetero) is 1. The van der Waals surface area contributed by atoms with Crippen LogP contribution in [0.25, 0.3) is 11.2 Å². The van der Waals surface area contributed by atoms with Crippen molar-refractivity contribution in [2.75, 3.05) is 18.6 Å². The Morgan fingerprint density at radius 1 is 1.28 bits per heavy atom. The molecule has 1 aliphatic heterocycles. The molecule has 3 aromatic rings. The number of imidazole rings is 1. The fourth-order valence-corrected chi connectivity index (χ4v) is 3.95. The maximum Gasteiger partial charge on any atom is 0.332 e. The number of fused-ring (bicyclic) bond motifs is 3. The molecule has 3 heterocycles. The molecule has 10 heteroatoms. The molecule has 0 saturated carbocycles. The molecule has 0 unspecified atom stereocenters. The number of methoxy groups -OCH3 is 1. The molecule has 4 rings (SSSR count). The molecule has 0 bridgehead atoms. The quantitative estimate of drug-likeness (QED) is 0.641. The number of ether oxygens (including phenoxy) is 1. The molecule has 0 saturated heterocycles. The van der Waals surface area contributed by atoms with Crippen molar-refractivity contribution in [1.29, 1.82) is 0 Å². The third kappa shape index (κ3) is 3.02. The molecular formula is C19H20ClN5O4. The Morgan fingerprint density at radius 2 is 2.03 bits per heavy atom. The van der Waals surface area contributed by atoms with Gasteiger partial charge < -0.3 is 14.2 Å². The summed E-state index contributed by atoms with van der Waals surface area (Å²) in [5, 5.41) is 0.467. The summed E-state index contributed by atoms with van der Waals surface area (Å²) in [6.07, 6.45) is 0.775. The molecule has 9 nitrogen and oxygen atoms in total. The van der Waals surface area contributed by atoms with Gasteiger partial charge in [0.25, 0.3) is 5.56 Å². The molecule has 0 atom stereocenters. The van der Waals surface area contributed by atoms with Crippen molar-refractivity contribution in [3.8, 4) is 5.75 Å². The van der Waals surface area contributed by atoms with E-state index in [1.54, 1.807) is 30.9 Å². The van der Waals surface area contributed by atoms with E-state index in [9.17, 15) is 14.4 Å². The predicted octanol–water partition coefficient (Wildman–Crippen LogP) is 1.69. The molecule has 0 amide bonds. The summed E-state index contributed by atoms with van der Waals surface area (Å²) in [6, 6.07) is 5.42. The lowest BCUT2D eigenvalue weighted by atomic mass is 10.2. The maximum absolute atomic E-state index is 13.0. The van der Waals surface area contributed by atoms with Gasteiger partial charge in [-0.3, -0.25) is 18.7 Å². The first-order chi connectivity index (χ1) is 13.8. The molecule has 29 heavy (non-hydrogen) atoms. The number of carbonyl (C=O) groups is 1. The molecule has 1 aliphatic rings. The van der Waals surface area contributed by atoms with E-state index in [4.69, 9.17) is 16.3 Å². The summed E-state index contributed by atoms with van der Waals surface area (Å²) in [4.78, 5) is 43.7. The minimum Gasteiger partial charge on any atom is -0.495 e. The Kier molecular flexibility index (Phi) is 4.70. The zero-order chi connectivity index (χ0) is 20.9. The SMILES string of the molecule is COc1ccc(N2CCCn3c2nc2c3c(=O)n(CC(C)=O)c(=O)n2C)cc1Cl. The van der Waals surface area contributed by atoms with Crippen molar-refractivity contribution in [2.24, 2.45) is 7.05 Å². The molecule has 152 valence electrons. The normalized spacial score (nSPS) is 13.6. The van der Waals surface area contributed by atoms with E-state index in [0.29, 0.717) is 41.0 Å². The summed E-state index contributed by atoms with van der Waals surface area (Å²) in [5.74, 6) is 0.854. The average Bonchev–Trinajstić information content (AvgIpc) is 3.09. The second-order valence-corrected chi connectivity index (χ2v) is 7.40. The number of ketones is 1. The van der Waals surface area contributed by atoms with Gasteiger partial charge in [0.05, 0.1) is 18.7 Å². The van der Waals surface area contributed by atoms with E-state index in [2.05, 4.69) is 4.98 Å². The second-order valence-electron chi connectivity index (χ2n) is 6.99. The summed E-state index contributed by atoms with van der Waals surface area (Å²) < 4.78 is 9.29. The molecule has 0 spiro atoms. The van der Waals surface area contributed by atoms with Crippen LogP contribution >= 0.6 is 11.6 Å². The summed E-state index contributed by atoms with van der Waals surface area (Å²) in [5.41, 5.74) is 0.342. The highest BCUT2D eigenvalue weighted by Gasteiger charge is 2.27. The first kappa shape index (κ1) is 19.3. The molecule has 1 aromatic carbocycles. The van der Waals surface area contributed by atoms with E-state index in [-0.39, 0.29) is 12.3 Å². The van der Waals surface area contributed by atoms with Crippen LogP contribution in [0.2, 0.25) is 5.02 Å². The van der Waals surface area contributed by atoms with E-state index in [1.165, 1.54) is 11.5 Å². The molecular weight excluding hydrogens is 398 g/mol. The number of anilines is 2. The number of benzene rings is 1. The number of halogens is 1. The Balaban J connectivity index is 1.95. The Labute approximate surface area is 170 Å². The van der Waals surface area contributed by atoms with Gasteiger partial charge in [0.1, 0.15) is 11.5 Å². The number of hydrogen-bond acceptors (Lipinski definition) is 6. The van der Waals surface area contributed by atoms with Crippen molar-refractivity contribution in [2.45, 2.75) is 26.4 Å². The highest BCUT2D eigenvalue weighted by atomic mass is 35.5. The number of hydrogen-bond donors (Lipinski definition) is 0. The van der Waals surface area contributed by atoms with Gasteiger partial charge in [-0.15, -0.1) is 0 Å². The van der Waals surface area contributed by atoms with Gasteiger partial charge in [0, 0.05) is 25.8 Å². The van der Waals surface area contributed by atoms with Crippen LogP contribution < -0.4 is 20.9 Å². The van der Waals surface area contributed by atoms with E-state index < -0.39 is 11.2 Å². The maximum atomic E-state index is 13.0. The average molecular weight is 418 g/mol. The number of carbonyl (C=O) groups excluding carboxylic acids is 1. The van der Waals surface area contributed by atoms with Crippen LogP contribution in [0, 0.1) is 0 Å². The van der Waals surface area contributed by atoms with Gasteiger partial charge in [-0.05, 0) is 31.5 Å². The lowest BCUT2D eigenvalue weighted by Gasteiger charge is -2.29. The highest BCUT2D eigenvalue weighted by molar-refractivity contribution is 6.32. The summed E-state index contributed by atoms with van der Waals surface area (Å²) in [7, 11) is 3.10. The van der Waals surface area contributed by atoms with Crippen molar-refractivity contribution >= 4 is 40.2 Å². The van der Waals surface area contributed by atoms with E-state index in [1.807, 2.05) is 11.0 Å². The standard InChI is InChI=1S/C19H20ClN5O4/c1-11(26)10-25-17(27)15-16(22(2)19(25)28)21-18-23(7-4-8-24(15)18)12-5-6-14(29-3)13(20)9-12/h5-6,9H,4,7-8,10H2,1-3H3. The molecule has 0 aliphatic carbocycles. The van der Waals surface area contributed by atoms with Crippen LogP contribution in [-0.2, 0) is 24.9 Å². The van der Waals surface area contributed by atoms with Crippen LogP contribution in [0.3, 0.4) is 0 Å². The van der Waals surface area contributed by atoms with E-state index >= 15 is 0 Å². The van der Waals surface area contributed by atoms with Crippen LogP contribution in [0.15, 0.2) is 27.8 Å². The van der Waals surface area contributed by atoms with Gasteiger partial charge in [-0.1, -0.05) is 11.6 Å². The van der Waals surface area contributed by atoms with Gasteiger partial charge in [0.2, 0.25) is 5.95 Å².